The van der Waals surface area contributed by atoms with Gasteiger partial charge in [-0.15, -0.1) is 0 Å². The Hall–Kier alpha value is -5.54. The molecule has 0 amide bonds. The number of hydrogen-bond donors (Lipinski definition) is 2. The van der Waals surface area contributed by atoms with Gasteiger partial charge in [0.1, 0.15) is 47.8 Å². The summed E-state index contributed by atoms with van der Waals surface area (Å²) in [7, 11) is 0. The summed E-state index contributed by atoms with van der Waals surface area (Å²) in [6, 6.07) is 25.0. The second-order valence-electron chi connectivity index (χ2n) is 6.31. The minimum Gasteiger partial charge on any atom is -0.345 e. The van der Waals surface area contributed by atoms with Gasteiger partial charge in [0, 0.05) is 11.4 Å². The molecule has 2 N–H and O–H groups in total. The zero-order valence-electron chi connectivity index (χ0n) is 16.7. The number of nitriles is 6. The highest BCUT2D eigenvalue weighted by molar-refractivity contribution is 5.59. The number of allylic oxidation sites excluding steroid dienone is 4. The number of hydrogen-bond acceptors (Lipinski definition) is 8. The van der Waals surface area contributed by atoms with Crippen LogP contribution in [0.1, 0.15) is 11.1 Å². The quantitative estimate of drug-likeness (QED) is 0.642. The van der Waals surface area contributed by atoms with Gasteiger partial charge in [0.05, 0.1) is 0 Å². The maximum atomic E-state index is 9.10. The Morgan fingerprint density at radius 2 is 0.812 bits per heavy atom. The predicted octanol–water partition coefficient (Wildman–Crippen LogP) is 3.95. The Morgan fingerprint density at radius 3 is 1.06 bits per heavy atom. The predicted molar refractivity (Wildman–Crippen MR) is 115 cm³/mol. The second-order valence-corrected chi connectivity index (χ2v) is 6.31. The Kier molecular flexibility index (Phi) is 8.15. The van der Waals surface area contributed by atoms with E-state index < -0.39 is 0 Å². The number of aryl methyl sites for hydroxylation is 2. The van der Waals surface area contributed by atoms with E-state index in [0.29, 0.717) is 11.4 Å². The first-order valence-corrected chi connectivity index (χ1v) is 9.19. The fraction of sp³-hybridized carbons (Fsp3) is 0.0833. The van der Waals surface area contributed by atoms with E-state index in [4.69, 9.17) is 31.6 Å². The molecule has 0 aromatic heterocycles. The largest absolute Gasteiger partial charge is 0.345 e. The van der Waals surface area contributed by atoms with E-state index in [0.717, 1.165) is 24.0 Å². The second kappa shape index (κ2) is 11.5. The first-order valence-electron chi connectivity index (χ1n) is 9.19. The Bertz CT molecular complexity index is 1170. The number of rotatable bonds is 7. The maximum Gasteiger partial charge on any atom is 0.163 e. The van der Waals surface area contributed by atoms with Crippen molar-refractivity contribution in [2.45, 2.75) is 12.8 Å². The van der Waals surface area contributed by atoms with Crippen LogP contribution in [0.4, 0.5) is 11.4 Å². The molecule has 0 saturated heterocycles. The molecular formula is C24H14N8. The molecule has 2 aromatic rings. The highest BCUT2D eigenvalue weighted by Gasteiger charge is 2.07. The van der Waals surface area contributed by atoms with Crippen LogP contribution < -0.4 is 10.6 Å². The van der Waals surface area contributed by atoms with E-state index >= 15 is 0 Å². The number of anilines is 2. The summed E-state index contributed by atoms with van der Waals surface area (Å²) in [4.78, 5) is 0. The molecule has 0 radical (unpaired) electrons. The van der Waals surface area contributed by atoms with Crippen molar-refractivity contribution in [3.63, 3.8) is 0 Å². The van der Waals surface area contributed by atoms with Crippen molar-refractivity contribution >= 4 is 11.4 Å². The van der Waals surface area contributed by atoms with Crippen molar-refractivity contribution in [2.75, 3.05) is 10.6 Å². The van der Waals surface area contributed by atoms with E-state index in [1.807, 2.05) is 36.4 Å². The average molecular weight is 414 g/mol. The van der Waals surface area contributed by atoms with Crippen LogP contribution in [-0.2, 0) is 12.8 Å². The summed E-state index contributed by atoms with van der Waals surface area (Å²) in [6.45, 7) is 0. The zero-order chi connectivity index (χ0) is 23.3. The number of nitrogens with zero attached hydrogens (tertiary/aromatic N) is 6. The molecule has 0 aliphatic carbocycles. The molecule has 0 fully saturated rings. The smallest absolute Gasteiger partial charge is 0.163 e. The summed E-state index contributed by atoms with van der Waals surface area (Å²) in [6.07, 6.45) is 1.51. The molecule has 8 heteroatoms. The molecule has 150 valence electrons. The van der Waals surface area contributed by atoms with Crippen molar-refractivity contribution in [3.8, 4) is 36.4 Å². The van der Waals surface area contributed by atoms with Crippen LogP contribution in [0.25, 0.3) is 0 Å². The normalized spacial score (nSPS) is 8.69. The fourth-order valence-electron chi connectivity index (χ4n) is 2.65. The molecule has 32 heavy (non-hydrogen) atoms. The molecular weight excluding hydrogens is 400 g/mol. The van der Waals surface area contributed by atoms with Crippen LogP contribution in [0.2, 0.25) is 0 Å². The first kappa shape index (κ1) is 22.7. The number of nitrogens with one attached hydrogen (secondary N) is 2. The van der Waals surface area contributed by atoms with Crippen molar-refractivity contribution in [2.24, 2.45) is 0 Å². The van der Waals surface area contributed by atoms with Crippen LogP contribution in [-0.4, -0.2) is 0 Å². The summed E-state index contributed by atoms with van der Waals surface area (Å²) in [5.74, 6) is 0. The monoisotopic (exact) mass is 414 g/mol. The average Bonchev–Trinajstić information content (AvgIpc) is 2.84. The lowest BCUT2D eigenvalue weighted by Gasteiger charge is -2.08. The fourth-order valence-corrected chi connectivity index (χ4v) is 2.65. The lowest BCUT2D eigenvalue weighted by Crippen LogP contribution is -2.01. The molecule has 0 spiro atoms. The van der Waals surface area contributed by atoms with Crippen LogP contribution in [0.5, 0.6) is 0 Å². The van der Waals surface area contributed by atoms with Gasteiger partial charge in [0.2, 0.25) is 0 Å². The van der Waals surface area contributed by atoms with E-state index in [-0.39, 0.29) is 22.5 Å². The molecule has 0 heterocycles. The van der Waals surface area contributed by atoms with E-state index in [1.54, 1.807) is 48.5 Å². The van der Waals surface area contributed by atoms with Crippen molar-refractivity contribution in [1.82, 2.24) is 0 Å². The van der Waals surface area contributed by atoms with Gasteiger partial charge in [-0.25, -0.2) is 0 Å². The molecule has 2 rings (SSSR count). The minimum atomic E-state index is -0.275. The summed E-state index contributed by atoms with van der Waals surface area (Å²) >= 11 is 0. The Balaban J connectivity index is 2.01. The topological polar surface area (TPSA) is 167 Å². The van der Waals surface area contributed by atoms with E-state index in [9.17, 15) is 0 Å². The summed E-state index contributed by atoms with van der Waals surface area (Å²) in [5.41, 5.74) is 2.57. The standard InChI is InChI=1S/C24H14N8/c25-11-19(12-26)23(15-29)31-21-7-3-17(4-8-21)1-2-18-5-9-22(10-6-18)32-24(16-30)20(13-27)14-28/h3-10,31-32H,1-2H2. The van der Waals surface area contributed by atoms with Crippen LogP contribution in [0.15, 0.2) is 71.1 Å². The number of benzene rings is 2. The minimum absolute atomic E-state index is 0.0949. The summed E-state index contributed by atoms with van der Waals surface area (Å²) in [5, 5.41) is 59.3. The van der Waals surface area contributed by atoms with Gasteiger partial charge in [-0.1, -0.05) is 24.3 Å². The highest BCUT2D eigenvalue weighted by Crippen LogP contribution is 2.17. The molecule has 0 aliphatic heterocycles. The molecule has 0 saturated carbocycles. The van der Waals surface area contributed by atoms with Gasteiger partial charge < -0.3 is 10.6 Å². The van der Waals surface area contributed by atoms with Crippen molar-refractivity contribution in [3.05, 3.63) is 82.2 Å². The van der Waals surface area contributed by atoms with Crippen LogP contribution in [0, 0.1) is 68.0 Å². The third-order valence-corrected chi connectivity index (χ3v) is 4.32. The van der Waals surface area contributed by atoms with Gasteiger partial charge in [0.15, 0.2) is 11.1 Å². The van der Waals surface area contributed by atoms with Gasteiger partial charge in [-0.3, -0.25) is 0 Å². The molecule has 8 nitrogen and oxygen atoms in total. The van der Waals surface area contributed by atoms with Gasteiger partial charge in [0.25, 0.3) is 0 Å². The van der Waals surface area contributed by atoms with Crippen molar-refractivity contribution in [1.29, 1.82) is 31.6 Å². The summed E-state index contributed by atoms with van der Waals surface area (Å²) < 4.78 is 0. The molecule has 0 unspecified atom stereocenters. The van der Waals surface area contributed by atoms with Crippen molar-refractivity contribution < 1.29 is 0 Å². The Labute approximate surface area is 185 Å². The third kappa shape index (κ3) is 5.98. The van der Waals surface area contributed by atoms with Gasteiger partial charge >= 0.3 is 0 Å². The SMILES string of the molecule is N#CC(C#N)=C(C#N)Nc1ccc(CCc2ccc(NC(C#N)=C(C#N)C#N)cc2)cc1. The molecule has 0 aliphatic rings. The third-order valence-electron chi connectivity index (χ3n) is 4.32. The van der Waals surface area contributed by atoms with Crippen LogP contribution >= 0.6 is 0 Å². The molecule has 2 aromatic carbocycles. The Morgan fingerprint density at radius 1 is 0.500 bits per heavy atom. The maximum absolute atomic E-state index is 9.10. The zero-order valence-corrected chi connectivity index (χ0v) is 16.7. The lowest BCUT2D eigenvalue weighted by atomic mass is 10.0. The molecule has 0 atom stereocenters. The van der Waals surface area contributed by atoms with Gasteiger partial charge in [-0.05, 0) is 48.2 Å². The van der Waals surface area contributed by atoms with Crippen LogP contribution in [0.3, 0.4) is 0 Å². The highest BCUT2D eigenvalue weighted by atomic mass is 14.9. The first-order chi connectivity index (χ1) is 15.6. The van der Waals surface area contributed by atoms with E-state index in [1.165, 1.54) is 0 Å². The molecule has 0 bridgehead atoms. The van der Waals surface area contributed by atoms with Gasteiger partial charge in [-0.2, -0.15) is 31.6 Å². The lowest BCUT2D eigenvalue weighted by molar-refractivity contribution is 0.960. The van der Waals surface area contributed by atoms with E-state index in [2.05, 4.69) is 10.6 Å².